The minimum atomic E-state index is -3.58. The summed E-state index contributed by atoms with van der Waals surface area (Å²) in [5.74, 6) is -0.320. The molecule has 0 aliphatic carbocycles. The lowest BCUT2D eigenvalue weighted by atomic mass is 9.96. The van der Waals surface area contributed by atoms with Gasteiger partial charge in [-0.25, -0.2) is 13.4 Å². The Morgan fingerprint density at radius 3 is 2.51 bits per heavy atom. The highest BCUT2D eigenvalue weighted by atomic mass is 32.2. The number of hydrogen-bond acceptors (Lipinski definition) is 6. The lowest BCUT2D eigenvalue weighted by Gasteiger charge is -2.33. The maximum Gasteiger partial charge on any atom is 0.243 e. The molecule has 192 valence electrons. The number of benzene rings is 2. The van der Waals surface area contributed by atoms with Crippen molar-refractivity contribution in [1.29, 1.82) is 0 Å². The van der Waals surface area contributed by atoms with Crippen LogP contribution in [0.25, 0.3) is 10.2 Å². The Morgan fingerprint density at radius 2 is 1.84 bits per heavy atom. The number of anilines is 1. The SMILES string of the molecule is CCc1ccc2nc(N(Cc3ccccn3)C(=O)C3CCN(S(=O)(=O)c4ccc(C)cc4)CC3)sc2c1. The average Bonchev–Trinajstić information content (AvgIpc) is 3.35. The van der Waals surface area contributed by atoms with Crippen molar-refractivity contribution in [1.82, 2.24) is 14.3 Å². The van der Waals surface area contributed by atoms with Crippen LogP contribution in [0.15, 0.2) is 71.8 Å². The van der Waals surface area contributed by atoms with Crippen molar-refractivity contribution in [2.75, 3.05) is 18.0 Å². The molecule has 1 amide bonds. The molecule has 7 nitrogen and oxygen atoms in total. The second-order valence-electron chi connectivity index (χ2n) is 9.39. The van der Waals surface area contributed by atoms with Gasteiger partial charge in [-0.15, -0.1) is 0 Å². The number of amides is 1. The van der Waals surface area contributed by atoms with Crippen LogP contribution in [-0.2, 0) is 27.8 Å². The van der Waals surface area contributed by atoms with Crippen molar-refractivity contribution < 1.29 is 13.2 Å². The Labute approximate surface area is 221 Å². The Balaban J connectivity index is 1.37. The van der Waals surface area contributed by atoms with Gasteiger partial charge in [0, 0.05) is 25.2 Å². The number of pyridine rings is 1. The topological polar surface area (TPSA) is 83.5 Å². The fraction of sp³-hybridized carbons (Fsp3) is 0.321. The number of thiazole rings is 1. The average molecular weight is 535 g/mol. The molecule has 1 aliphatic rings. The maximum absolute atomic E-state index is 13.9. The fourth-order valence-corrected chi connectivity index (χ4v) is 7.11. The van der Waals surface area contributed by atoms with Gasteiger partial charge >= 0.3 is 0 Å². The van der Waals surface area contributed by atoms with Crippen molar-refractivity contribution in [3.8, 4) is 0 Å². The van der Waals surface area contributed by atoms with Gasteiger partial charge in [-0.2, -0.15) is 4.31 Å². The molecule has 2 aromatic heterocycles. The molecular weight excluding hydrogens is 504 g/mol. The number of piperidine rings is 1. The van der Waals surface area contributed by atoms with Crippen molar-refractivity contribution in [2.45, 2.75) is 44.6 Å². The molecule has 0 radical (unpaired) electrons. The first-order chi connectivity index (χ1) is 17.8. The van der Waals surface area contributed by atoms with E-state index in [1.807, 2.05) is 31.2 Å². The number of nitrogens with zero attached hydrogens (tertiary/aromatic N) is 4. The van der Waals surface area contributed by atoms with Crippen LogP contribution >= 0.6 is 11.3 Å². The van der Waals surface area contributed by atoms with E-state index in [1.54, 1.807) is 35.4 Å². The van der Waals surface area contributed by atoms with E-state index in [0.717, 1.165) is 27.9 Å². The molecule has 0 atom stereocenters. The predicted molar refractivity (Wildman–Crippen MR) is 147 cm³/mol. The van der Waals surface area contributed by atoms with E-state index in [-0.39, 0.29) is 11.8 Å². The number of aryl methyl sites for hydroxylation is 2. The molecule has 0 N–H and O–H groups in total. The second-order valence-corrected chi connectivity index (χ2v) is 12.3. The van der Waals surface area contributed by atoms with Crippen LogP contribution in [0.2, 0.25) is 0 Å². The summed E-state index contributed by atoms with van der Waals surface area (Å²) in [5.41, 5.74) is 3.89. The normalized spacial score (nSPS) is 15.2. The summed E-state index contributed by atoms with van der Waals surface area (Å²) in [5, 5.41) is 0.647. The van der Waals surface area contributed by atoms with E-state index in [1.165, 1.54) is 21.2 Å². The first-order valence-corrected chi connectivity index (χ1v) is 14.8. The van der Waals surface area contributed by atoms with Crippen molar-refractivity contribution in [3.05, 3.63) is 83.7 Å². The lowest BCUT2D eigenvalue weighted by Crippen LogP contribution is -2.44. The summed E-state index contributed by atoms with van der Waals surface area (Å²) in [6.07, 6.45) is 3.59. The van der Waals surface area contributed by atoms with Gasteiger partial charge in [0.15, 0.2) is 5.13 Å². The smallest absolute Gasteiger partial charge is 0.243 e. The first kappa shape index (κ1) is 25.5. The van der Waals surface area contributed by atoms with Crippen LogP contribution in [0, 0.1) is 12.8 Å². The molecule has 3 heterocycles. The van der Waals surface area contributed by atoms with Gasteiger partial charge in [0.05, 0.1) is 27.4 Å². The van der Waals surface area contributed by atoms with Gasteiger partial charge < -0.3 is 0 Å². The first-order valence-electron chi connectivity index (χ1n) is 12.5. The van der Waals surface area contributed by atoms with Crippen LogP contribution in [0.3, 0.4) is 0 Å². The molecular formula is C28H30N4O3S2. The summed E-state index contributed by atoms with van der Waals surface area (Å²) < 4.78 is 28.8. The number of rotatable bonds is 7. The lowest BCUT2D eigenvalue weighted by molar-refractivity contribution is -0.123. The predicted octanol–water partition coefficient (Wildman–Crippen LogP) is 5.20. The van der Waals surface area contributed by atoms with Gasteiger partial charge in [-0.05, 0) is 68.1 Å². The van der Waals surface area contributed by atoms with E-state index < -0.39 is 10.0 Å². The molecule has 4 aromatic rings. The Bertz CT molecular complexity index is 1490. The van der Waals surface area contributed by atoms with Crippen LogP contribution in [0.5, 0.6) is 0 Å². The third kappa shape index (κ3) is 5.44. The number of aromatic nitrogens is 2. The number of sulfonamides is 1. The summed E-state index contributed by atoms with van der Waals surface area (Å²) in [4.78, 5) is 25.1. The highest BCUT2D eigenvalue weighted by Crippen LogP contribution is 2.33. The molecule has 1 aliphatic heterocycles. The van der Waals surface area contributed by atoms with Gasteiger partial charge in [0.2, 0.25) is 15.9 Å². The van der Waals surface area contributed by atoms with Gasteiger partial charge in [-0.1, -0.05) is 48.1 Å². The fourth-order valence-electron chi connectivity index (χ4n) is 4.61. The highest BCUT2D eigenvalue weighted by Gasteiger charge is 2.35. The molecule has 1 saturated heterocycles. The van der Waals surface area contributed by atoms with E-state index >= 15 is 0 Å². The third-order valence-electron chi connectivity index (χ3n) is 6.85. The van der Waals surface area contributed by atoms with Crippen molar-refractivity contribution in [3.63, 3.8) is 0 Å². The van der Waals surface area contributed by atoms with E-state index in [9.17, 15) is 13.2 Å². The van der Waals surface area contributed by atoms with Crippen LogP contribution in [0.4, 0.5) is 5.13 Å². The second kappa shape index (κ2) is 10.7. The number of carbonyl (C=O) groups is 1. The summed E-state index contributed by atoms with van der Waals surface area (Å²) in [6, 6.07) is 18.8. The van der Waals surface area contributed by atoms with Gasteiger partial charge in [0.1, 0.15) is 0 Å². The zero-order chi connectivity index (χ0) is 26.0. The van der Waals surface area contributed by atoms with Gasteiger partial charge in [0.25, 0.3) is 0 Å². The molecule has 2 aromatic carbocycles. The Kier molecular flexibility index (Phi) is 7.37. The highest BCUT2D eigenvalue weighted by molar-refractivity contribution is 7.89. The molecule has 0 saturated carbocycles. The summed E-state index contributed by atoms with van der Waals surface area (Å²) in [7, 11) is -3.58. The summed E-state index contributed by atoms with van der Waals surface area (Å²) in [6.45, 7) is 4.99. The minimum absolute atomic E-state index is 0.0344. The van der Waals surface area contributed by atoms with E-state index in [4.69, 9.17) is 4.98 Å². The van der Waals surface area contributed by atoms with E-state index in [2.05, 4.69) is 24.0 Å². The van der Waals surface area contributed by atoms with Crippen LogP contribution in [-0.4, -0.2) is 41.7 Å². The van der Waals surface area contributed by atoms with Crippen LogP contribution < -0.4 is 4.90 Å². The number of hydrogen-bond donors (Lipinski definition) is 0. The largest absolute Gasteiger partial charge is 0.282 e. The van der Waals surface area contributed by atoms with Crippen molar-refractivity contribution >= 4 is 42.6 Å². The van der Waals surface area contributed by atoms with Crippen molar-refractivity contribution in [2.24, 2.45) is 5.92 Å². The molecule has 1 fully saturated rings. The Morgan fingerprint density at radius 1 is 1.08 bits per heavy atom. The molecule has 5 rings (SSSR count). The molecule has 9 heteroatoms. The standard InChI is InChI=1S/C28H30N4O3S2/c1-3-21-9-12-25-26(18-21)36-28(30-25)32(19-23-6-4-5-15-29-23)27(33)22-13-16-31(17-14-22)37(34,35)24-10-7-20(2)8-11-24/h4-12,15,18,22H,3,13-14,16-17,19H2,1-2H3. The third-order valence-corrected chi connectivity index (χ3v) is 9.81. The zero-order valence-corrected chi connectivity index (χ0v) is 22.6. The number of carbonyl (C=O) groups excluding carboxylic acids is 1. The molecule has 0 bridgehead atoms. The quantitative estimate of drug-likeness (QED) is 0.326. The molecule has 37 heavy (non-hydrogen) atoms. The van der Waals surface area contributed by atoms with Gasteiger partial charge in [-0.3, -0.25) is 14.7 Å². The zero-order valence-electron chi connectivity index (χ0n) is 21.0. The Hall–Kier alpha value is -3.14. The monoisotopic (exact) mass is 534 g/mol. The summed E-state index contributed by atoms with van der Waals surface area (Å²) >= 11 is 1.51. The maximum atomic E-state index is 13.9. The van der Waals surface area contributed by atoms with Crippen LogP contribution in [0.1, 0.15) is 36.6 Å². The molecule has 0 unspecified atom stereocenters. The minimum Gasteiger partial charge on any atom is -0.282 e. The molecule has 0 spiro atoms. The number of fused-ring (bicyclic) bond motifs is 1. The van der Waals surface area contributed by atoms with E-state index in [0.29, 0.717) is 42.5 Å².